The summed E-state index contributed by atoms with van der Waals surface area (Å²) in [7, 11) is -1.46. The molecule has 5 nitrogen and oxygen atoms in total. The second-order valence-electron chi connectivity index (χ2n) is 5.26. The molecule has 0 unspecified atom stereocenters. The molecule has 0 radical (unpaired) electrons. The van der Waals surface area contributed by atoms with E-state index in [4.69, 9.17) is 0 Å². The molecule has 0 aliphatic carbocycles. The Kier molecular flexibility index (Phi) is 3.48. The number of hydrogen-bond acceptors (Lipinski definition) is 4. The number of aryl methyl sites for hydroxylation is 2. The Morgan fingerprint density at radius 1 is 1.23 bits per heavy atom. The molecule has 3 rings (SSSR count). The van der Waals surface area contributed by atoms with Gasteiger partial charge in [0.15, 0.2) is 9.84 Å². The lowest BCUT2D eigenvalue weighted by atomic mass is 10.2. The Morgan fingerprint density at radius 3 is 2.73 bits per heavy atom. The lowest BCUT2D eigenvalue weighted by molar-refractivity contribution is 0.597. The largest absolute Gasteiger partial charge is 0.327 e. The summed E-state index contributed by atoms with van der Waals surface area (Å²) in [5, 5.41) is 0. The Bertz CT molecular complexity index is 959. The van der Waals surface area contributed by atoms with E-state index in [0.29, 0.717) is 11.4 Å². The Balaban J connectivity index is 2.31. The van der Waals surface area contributed by atoms with Crippen LogP contribution >= 0.6 is 0 Å². The second-order valence-corrected chi connectivity index (χ2v) is 7.51. The summed E-state index contributed by atoms with van der Waals surface area (Å²) in [5.41, 5.74) is 3.54. The highest BCUT2D eigenvalue weighted by Crippen LogP contribution is 2.29. The van der Waals surface area contributed by atoms with Gasteiger partial charge in [-0.2, -0.15) is 0 Å². The van der Waals surface area contributed by atoms with Gasteiger partial charge in [0, 0.05) is 25.0 Å². The van der Waals surface area contributed by atoms with E-state index in [1.165, 1.54) is 6.20 Å². The van der Waals surface area contributed by atoms with Gasteiger partial charge in [-0.25, -0.2) is 13.4 Å². The van der Waals surface area contributed by atoms with Gasteiger partial charge in [-0.1, -0.05) is 13.0 Å². The van der Waals surface area contributed by atoms with Gasteiger partial charge < -0.3 is 4.57 Å². The maximum atomic E-state index is 12.3. The first-order chi connectivity index (χ1) is 10.4. The van der Waals surface area contributed by atoms with Gasteiger partial charge >= 0.3 is 0 Å². The first-order valence-corrected chi connectivity index (χ1v) is 8.69. The van der Waals surface area contributed by atoms with Crippen LogP contribution in [0.1, 0.15) is 12.5 Å². The average molecular weight is 315 g/mol. The summed E-state index contributed by atoms with van der Waals surface area (Å²) in [4.78, 5) is 8.82. The minimum Gasteiger partial charge on any atom is -0.327 e. The third-order valence-corrected chi connectivity index (χ3v) is 5.53. The molecule has 0 saturated carbocycles. The van der Waals surface area contributed by atoms with Crippen LogP contribution in [0.5, 0.6) is 0 Å². The van der Waals surface area contributed by atoms with E-state index < -0.39 is 9.84 Å². The normalized spacial score (nSPS) is 12.0. The van der Waals surface area contributed by atoms with Crippen molar-refractivity contribution >= 4 is 20.9 Å². The molecule has 0 atom stereocenters. The molecule has 0 bridgehead atoms. The van der Waals surface area contributed by atoms with E-state index in [1.54, 1.807) is 19.2 Å². The van der Waals surface area contributed by atoms with Crippen molar-refractivity contribution in [1.29, 1.82) is 0 Å². The molecule has 0 fully saturated rings. The number of imidazole rings is 1. The fourth-order valence-electron chi connectivity index (χ4n) is 2.52. The fourth-order valence-corrected chi connectivity index (χ4v) is 3.55. The lowest BCUT2D eigenvalue weighted by Gasteiger charge is -2.08. The van der Waals surface area contributed by atoms with Crippen molar-refractivity contribution < 1.29 is 8.42 Å². The molecule has 0 saturated heterocycles. The number of sulfone groups is 1. The van der Waals surface area contributed by atoms with E-state index in [9.17, 15) is 8.42 Å². The van der Waals surface area contributed by atoms with Crippen molar-refractivity contribution in [3.63, 3.8) is 0 Å². The van der Waals surface area contributed by atoms with Crippen molar-refractivity contribution in [2.24, 2.45) is 7.05 Å². The minimum atomic E-state index is -3.36. The molecule has 3 aromatic rings. The van der Waals surface area contributed by atoms with Crippen LogP contribution in [-0.4, -0.2) is 28.7 Å². The zero-order valence-corrected chi connectivity index (χ0v) is 13.6. The standard InChI is InChI=1S/C16H17N3O2S/c1-4-22(20,21)15-10-17-8-7-12(15)16-18-13-9-11(2)5-6-14(13)19(16)3/h5-10H,4H2,1-3H3. The van der Waals surface area contributed by atoms with Crippen LogP contribution in [0.15, 0.2) is 41.6 Å². The van der Waals surface area contributed by atoms with Crippen molar-refractivity contribution in [3.05, 3.63) is 42.2 Å². The predicted octanol–water partition coefficient (Wildman–Crippen LogP) is 2.74. The molecular weight excluding hydrogens is 298 g/mol. The molecule has 0 spiro atoms. The second kappa shape index (κ2) is 5.21. The third kappa shape index (κ3) is 2.29. The molecule has 1 aromatic carbocycles. The summed E-state index contributed by atoms with van der Waals surface area (Å²) in [6.45, 7) is 3.64. The summed E-state index contributed by atoms with van der Waals surface area (Å²) < 4.78 is 26.5. The molecule has 0 amide bonds. The number of rotatable bonds is 3. The molecule has 2 heterocycles. The van der Waals surface area contributed by atoms with E-state index in [-0.39, 0.29) is 10.6 Å². The minimum absolute atomic E-state index is 0.0365. The van der Waals surface area contributed by atoms with E-state index in [0.717, 1.165) is 16.6 Å². The van der Waals surface area contributed by atoms with Gasteiger partial charge in [0.05, 0.1) is 21.7 Å². The summed E-state index contributed by atoms with van der Waals surface area (Å²) in [5.74, 6) is 0.671. The molecule has 0 aliphatic rings. The van der Waals surface area contributed by atoms with Crippen molar-refractivity contribution in [3.8, 4) is 11.4 Å². The van der Waals surface area contributed by atoms with Gasteiger partial charge in [0.1, 0.15) is 5.82 Å². The molecule has 0 aliphatic heterocycles. The highest BCUT2D eigenvalue weighted by molar-refractivity contribution is 7.91. The van der Waals surface area contributed by atoms with Crippen molar-refractivity contribution in [2.45, 2.75) is 18.7 Å². The van der Waals surface area contributed by atoms with Crippen LogP contribution in [0.2, 0.25) is 0 Å². The van der Waals surface area contributed by atoms with Gasteiger partial charge in [-0.3, -0.25) is 4.98 Å². The first-order valence-electron chi connectivity index (χ1n) is 7.04. The molecule has 22 heavy (non-hydrogen) atoms. The van der Waals surface area contributed by atoms with Crippen molar-refractivity contribution in [1.82, 2.24) is 14.5 Å². The highest BCUT2D eigenvalue weighted by atomic mass is 32.2. The third-order valence-electron chi connectivity index (χ3n) is 3.78. The Labute approximate surface area is 129 Å². The van der Waals surface area contributed by atoms with Crippen LogP contribution in [-0.2, 0) is 16.9 Å². The number of hydrogen-bond donors (Lipinski definition) is 0. The fraction of sp³-hybridized carbons (Fsp3) is 0.250. The van der Waals surface area contributed by atoms with Crippen LogP contribution < -0.4 is 0 Å². The Hall–Kier alpha value is -2.21. The molecule has 114 valence electrons. The SMILES string of the molecule is CCS(=O)(=O)c1cnccc1-c1nc2cc(C)ccc2n1C. The van der Waals surface area contributed by atoms with Gasteiger partial charge in [-0.15, -0.1) is 0 Å². The van der Waals surface area contributed by atoms with Gasteiger partial charge in [0.25, 0.3) is 0 Å². The zero-order valence-electron chi connectivity index (χ0n) is 12.7. The van der Waals surface area contributed by atoms with E-state index in [1.807, 2.05) is 36.7 Å². The van der Waals surface area contributed by atoms with Crippen LogP contribution in [0.3, 0.4) is 0 Å². The Morgan fingerprint density at radius 2 is 2.00 bits per heavy atom. The smallest absolute Gasteiger partial charge is 0.180 e. The van der Waals surface area contributed by atoms with Crippen LogP contribution in [0.4, 0.5) is 0 Å². The lowest BCUT2D eigenvalue weighted by Crippen LogP contribution is -2.07. The number of aromatic nitrogens is 3. The topological polar surface area (TPSA) is 64.8 Å². The molecule has 2 aromatic heterocycles. The van der Waals surface area contributed by atoms with Crippen LogP contribution in [0.25, 0.3) is 22.4 Å². The predicted molar refractivity (Wildman–Crippen MR) is 86.4 cm³/mol. The van der Waals surface area contributed by atoms with Crippen LogP contribution in [0, 0.1) is 6.92 Å². The van der Waals surface area contributed by atoms with Gasteiger partial charge in [-0.05, 0) is 30.7 Å². The maximum absolute atomic E-state index is 12.3. The quantitative estimate of drug-likeness (QED) is 0.745. The van der Waals surface area contributed by atoms with E-state index >= 15 is 0 Å². The molecular formula is C16H17N3O2S. The summed E-state index contributed by atoms with van der Waals surface area (Å²) in [6.07, 6.45) is 2.99. The number of fused-ring (bicyclic) bond motifs is 1. The number of nitrogens with zero attached hydrogens (tertiary/aromatic N) is 3. The van der Waals surface area contributed by atoms with Crippen molar-refractivity contribution in [2.75, 3.05) is 5.75 Å². The molecule has 6 heteroatoms. The zero-order chi connectivity index (χ0) is 15.9. The molecule has 0 N–H and O–H groups in total. The number of pyridine rings is 1. The highest BCUT2D eigenvalue weighted by Gasteiger charge is 2.21. The summed E-state index contributed by atoms with van der Waals surface area (Å²) >= 11 is 0. The monoisotopic (exact) mass is 315 g/mol. The average Bonchev–Trinajstić information content (AvgIpc) is 2.83. The summed E-state index contributed by atoms with van der Waals surface area (Å²) in [6, 6.07) is 7.71. The first kappa shape index (κ1) is 14.7. The van der Waals surface area contributed by atoms with Gasteiger partial charge in [0.2, 0.25) is 0 Å². The van der Waals surface area contributed by atoms with E-state index in [2.05, 4.69) is 9.97 Å². The number of benzene rings is 1. The maximum Gasteiger partial charge on any atom is 0.180 e.